The van der Waals surface area contributed by atoms with Crippen molar-refractivity contribution in [2.75, 3.05) is 13.4 Å². The van der Waals surface area contributed by atoms with Gasteiger partial charge in [0, 0.05) is 42.1 Å². The molecule has 0 saturated heterocycles. The Morgan fingerprint density at radius 3 is 2.54 bits per heavy atom. The lowest BCUT2D eigenvalue weighted by atomic mass is 10.1. The number of hydrogen-bond acceptors (Lipinski definition) is 5. The Balaban J connectivity index is 0.000000349. The number of nitrogens with one attached hydrogen (secondary N) is 1. The van der Waals surface area contributed by atoms with Gasteiger partial charge in [-0.05, 0) is 24.3 Å². The van der Waals surface area contributed by atoms with E-state index >= 15 is 0 Å². The SMILES string of the molecule is COc1ccc2c(c1)c(-c1cc3nccnc3[nH]1)cn2C.CS(=O)(=O)O. The van der Waals surface area contributed by atoms with E-state index in [1.54, 1.807) is 19.5 Å². The highest BCUT2D eigenvalue weighted by Gasteiger charge is 2.12. The quantitative estimate of drug-likeness (QED) is 0.522. The lowest BCUT2D eigenvalue weighted by Crippen LogP contribution is -1.88. The van der Waals surface area contributed by atoms with Gasteiger partial charge >= 0.3 is 0 Å². The maximum Gasteiger partial charge on any atom is 0.261 e. The third kappa shape index (κ3) is 3.84. The number of aromatic amines is 1. The van der Waals surface area contributed by atoms with Gasteiger partial charge in [0.2, 0.25) is 0 Å². The molecule has 0 amide bonds. The number of ether oxygens (including phenoxy) is 1. The van der Waals surface area contributed by atoms with Gasteiger partial charge in [0.25, 0.3) is 10.1 Å². The molecule has 9 heteroatoms. The highest BCUT2D eigenvalue weighted by molar-refractivity contribution is 7.85. The van der Waals surface area contributed by atoms with Gasteiger partial charge in [0.05, 0.1) is 19.1 Å². The summed E-state index contributed by atoms with van der Waals surface area (Å²) in [5.74, 6) is 0.849. The van der Waals surface area contributed by atoms with Gasteiger partial charge < -0.3 is 14.3 Å². The van der Waals surface area contributed by atoms with E-state index in [4.69, 9.17) is 9.29 Å². The average molecular weight is 374 g/mol. The van der Waals surface area contributed by atoms with Crippen LogP contribution in [0.2, 0.25) is 0 Å². The highest BCUT2D eigenvalue weighted by atomic mass is 32.2. The molecular weight excluding hydrogens is 356 g/mol. The van der Waals surface area contributed by atoms with Crippen molar-refractivity contribution in [2.24, 2.45) is 7.05 Å². The Morgan fingerprint density at radius 2 is 1.88 bits per heavy atom. The van der Waals surface area contributed by atoms with E-state index in [2.05, 4.69) is 37.8 Å². The molecule has 0 atom stereocenters. The van der Waals surface area contributed by atoms with Crippen molar-refractivity contribution in [3.05, 3.63) is 42.9 Å². The maximum atomic E-state index is 9.19. The van der Waals surface area contributed by atoms with Gasteiger partial charge in [-0.3, -0.25) is 9.54 Å². The fourth-order valence-electron chi connectivity index (χ4n) is 2.71. The number of nitrogens with zero attached hydrogens (tertiary/aromatic N) is 3. The van der Waals surface area contributed by atoms with Crippen LogP contribution in [0.5, 0.6) is 5.75 Å². The number of hydrogen-bond donors (Lipinski definition) is 2. The number of aromatic nitrogens is 4. The molecule has 0 saturated carbocycles. The number of rotatable bonds is 2. The van der Waals surface area contributed by atoms with Crippen LogP contribution in [0.4, 0.5) is 0 Å². The summed E-state index contributed by atoms with van der Waals surface area (Å²) in [5.41, 5.74) is 4.95. The van der Waals surface area contributed by atoms with Gasteiger partial charge in [-0.15, -0.1) is 0 Å². The number of aryl methyl sites for hydroxylation is 1. The van der Waals surface area contributed by atoms with Crippen molar-refractivity contribution in [1.82, 2.24) is 19.5 Å². The summed E-state index contributed by atoms with van der Waals surface area (Å²) in [6, 6.07) is 8.12. The predicted octanol–water partition coefficient (Wildman–Crippen LogP) is 2.63. The Bertz CT molecular complexity index is 1140. The van der Waals surface area contributed by atoms with Crippen molar-refractivity contribution in [2.45, 2.75) is 0 Å². The largest absolute Gasteiger partial charge is 0.497 e. The zero-order chi connectivity index (χ0) is 18.9. The molecular formula is C17H18N4O4S. The molecule has 0 bridgehead atoms. The third-order valence-electron chi connectivity index (χ3n) is 3.75. The summed E-state index contributed by atoms with van der Waals surface area (Å²) in [4.78, 5) is 11.9. The molecule has 0 fully saturated rings. The van der Waals surface area contributed by atoms with Crippen molar-refractivity contribution in [3.8, 4) is 17.0 Å². The topological polar surface area (TPSA) is 110 Å². The molecule has 26 heavy (non-hydrogen) atoms. The van der Waals surface area contributed by atoms with E-state index < -0.39 is 10.1 Å². The fraction of sp³-hybridized carbons (Fsp3) is 0.176. The third-order valence-corrected chi connectivity index (χ3v) is 3.75. The van der Waals surface area contributed by atoms with Gasteiger partial charge in [0.1, 0.15) is 11.3 Å². The van der Waals surface area contributed by atoms with E-state index in [9.17, 15) is 8.42 Å². The van der Waals surface area contributed by atoms with Crippen LogP contribution in [0.15, 0.2) is 42.9 Å². The lowest BCUT2D eigenvalue weighted by Gasteiger charge is -2.01. The van der Waals surface area contributed by atoms with Crippen molar-refractivity contribution < 1.29 is 17.7 Å². The first kappa shape index (κ1) is 17.9. The van der Waals surface area contributed by atoms with Crippen LogP contribution in [0.1, 0.15) is 0 Å². The van der Waals surface area contributed by atoms with Crippen LogP contribution in [-0.2, 0) is 17.2 Å². The Morgan fingerprint density at radius 1 is 1.19 bits per heavy atom. The summed E-state index contributed by atoms with van der Waals surface area (Å²) in [6.07, 6.45) is 6.21. The number of fused-ring (bicyclic) bond motifs is 2. The number of benzene rings is 1. The average Bonchev–Trinajstić information content (AvgIpc) is 3.14. The molecule has 4 rings (SSSR count). The summed E-state index contributed by atoms with van der Waals surface area (Å²) >= 11 is 0. The Labute approximate surface area is 150 Å². The molecule has 0 radical (unpaired) electrons. The zero-order valence-electron chi connectivity index (χ0n) is 14.5. The van der Waals surface area contributed by atoms with Crippen LogP contribution in [0, 0.1) is 0 Å². The summed E-state index contributed by atoms with van der Waals surface area (Å²) in [6.45, 7) is 0. The second-order valence-corrected chi connectivity index (χ2v) is 7.21. The molecule has 3 heterocycles. The van der Waals surface area contributed by atoms with Gasteiger partial charge in [-0.25, -0.2) is 4.98 Å². The lowest BCUT2D eigenvalue weighted by molar-refractivity contribution is 0.415. The molecule has 0 spiro atoms. The Hall–Kier alpha value is -2.91. The molecule has 8 nitrogen and oxygen atoms in total. The molecule has 136 valence electrons. The molecule has 0 unspecified atom stereocenters. The molecule has 0 aliphatic rings. The van der Waals surface area contributed by atoms with E-state index in [-0.39, 0.29) is 0 Å². The normalized spacial score (nSPS) is 11.4. The second-order valence-electron chi connectivity index (χ2n) is 5.74. The van der Waals surface area contributed by atoms with E-state index in [0.717, 1.165) is 39.1 Å². The minimum absolute atomic E-state index is 0.715. The molecule has 4 aromatic rings. The fourth-order valence-corrected chi connectivity index (χ4v) is 2.71. The standard InChI is InChI=1S/C16H14N4O.CH4O3S/c1-20-9-12(11-7-10(21-2)3-4-15(11)20)13-8-14-16(19-13)18-6-5-17-14;1-5(2,3)4/h3-9H,1-2H3,(H,18,19);1H3,(H,2,3,4). The Kier molecular flexibility index (Phi) is 4.66. The smallest absolute Gasteiger partial charge is 0.261 e. The van der Waals surface area contributed by atoms with Crippen molar-refractivity contribution in [3.63, 3.8) is 0 Å². The molecule has 0 aliphatic heterocycles. The van der Waals surface area contributed by atoms with Crippen LogP contribution < -0.4 is 4.74 Å². The van der Waals surface area contributed by atoms with Crippen LogP contribution in [0.25, 0.3) is 33.3 Å². The monoisotopic (exact) mass is 374 g/mol. The summed E-state index contributed by atoms with van der Waals surface area (Å²) in [5, 5.41) is 1.14. The molecule has 3 aromatic heterocycles. The minimum atomic E-state index is -3.67. The zero-order valence-corrected chi connectivity index (χ0v) is 15.3. The van der Waals surface area contributed by atoms with E-state index in [0.29, 0.717) is 6.26 Å². The van der Waals surface area contributed by atoms with E-state index in [1.165, 1.54) is 0 Å². The minimum Gasteiger partial charge on any atom is -0.497 e. The highest BCUT2D eigenvalue weighted by Crippen LogP contribution is 2.33. The van der Waals surface area contributed by atoms with Crippen LogP contribution >= 0.6 is 0 Å². The second kappa shape index (κ2) is 6.77. The molecule has 0 aliphatic carbocycles. The van der Waals surface area contributed by atoms with Gasteiger partial charge in [0.15, 0.2) is 5.65 Å². The predicted molar refractivity (Wildman–Crippen MR) is 99.8 cm³/mol. The van der Waals surface area contributed by atoms with Gasteiger partial charge in [-0.1, -0.05) is 0 Å². The first-order chi connectivity index (χ1) is 12.3. The van der Waals surface area contributed by atoms with Gasteiger partial charge in [-0.2, -0.15) is 8.42 Å². The van der Waals surface area contributed by atoms with Crippen LogP contribution in [-0.4, -0.2) is 45.9 Å². The van der Waals surface area contributed by atoms with E-state index in [1.807, 2.05) is 19.2 Å². The maximum absolute atomic E-state index is 9.19. The molecule has 1 aromatic carbocycles. The number of methoxy groups -OCH3 is 1. The van der Waals surface area contributed by atoms with Crippen molar-refractivity contribution in [1.29, 1.82) is 0 Å². The van der Waals surface area contributed by atoms with Crippen molar-refractivity contribution >= 4 is 32.2 Å². The van der Waals surface area contributed by atoms with Crippen LogP contribution in [0.3, 0.4) is 0 Å². The summed E-state index contributed by atoms with van der Waals surface area (Å²) in [7, 11) is 0.0536. The first-order valence-corrected chi connectivity index (χ1v) is 9.46. The summed E-state index contributed by atoms with van der Waals surface area (Å²) < 4.78 is 33.3. The first-order valence-electron chi connectivity index (χ1n) is 7.62. The number of H-pyrrole nitrogens is 1. The molecule has 2 N–H and O–H groups in total.